The van der Waals surface area contributed by atoms with Gasteiger partial charge in [-0.25, -0.2) is 0 Å². The van der Waals surface area contributed by atoms with Crippen molar-refractivity contribution < 1.29 is 113 Å². The van der Waals surface area contributed by atoms with Gasteiger partial charge in [-0.1, -0.05) is 37.3 Å². The summed E-state index contributed by atoms with van der Waals surface area (Å²) in [4.78, 5) is 58.3. The number of aromatic nitrogens is 9. The first-order valence-corrected chi connectivity index (χ1v) is 14.5. The van der Waals surface area contributed by atoms with E-state index in [-0.39, 0.29) is 135 Å². The van der Waals surface area contributed by atoms with Crippen molar-refractivity contribution in [2.75, 3.05) is 17.2 Å². The Labute approximate surface area is 369 Å². The van der Waals surface area contributed by atoms with E-state index in [1.807, 2.05) is 6.92 Å². The standard InChI is InChI=1S/C12H13N4O.C11H11N4O.C10H9N4O.3Y/c1-3-8(2)10(17)6-11-15-7-9-12(13)14-4-5-16(9)11;1-2-3-8(16)6-10-14-7-9-11(12)13-4-5-15(9)10;1-2-7(15)5-9-13-6-8-10(11)12-3-4-14(8)9;;;/h3-5H,6H2,1-2H3,(H2,13,14);2-5H,6H2,1H3,(H2,12,13);2-4H,1,5H2,(H2,11,12);;;/q3*-1;;;/b8-3+;3-2+;;;;. The maximum Gasteiger partial charge on any atom is 0.154 e. The fourth-order valence-electron chi connectivity index (χ4n) is 4.26. The van der Waals surface area contributed by atoms with Gasteiger partial charge in [0.25, 0.3) is 0 Å². The predicted molar refractivity (Wildman–Crippen MR) is 179 cm³/mol. The molecule has 0 saturated heterocycles. The van der Waals surface area contributed by atoms with Crippen LogP contribution < -0.4 is 17.2 Å². The molecule has 0 amide bonds. The van der Waals surface area contributed by atoms with Crippen molar-refractivity contribution in [1.29, 1.82) is 0 Å². The van der Waals surface area contributed by atoms with E-state index in [1.165, 1.54) is 12.2 Å². The van der Waals surface area contributed by atoms with Gasteiger partial charge in [-0.05, 0) is 55.0 Å². The van der Waals surface area contributed by atoms with Gasteiger partial charge in [0.2, 0.25) is 0 Å². The Balaban J connectivity index is 0.000000372. The molecule has 0 saturated carbocycles. The fraction of sp³-hybridized carbons (Fsp3) is 0.182. The van der Waals surface area contributed by atoms with E-state index in [0.29, 0.717) is 51.5 Å². The summed E-state index contributed by atoms with van der Waals surface area (Å²) < 4.78 is 5.16. The molecule has 0 aliphatic rings. The van der Waals surface area contributed by atoms with Gasteiger partial charge in [0, 0.05) is 189 Å². The summed E-state index contributed by atoms with van der Waals surface area (Å²) >= 11 is 0. The zero-order valence-electron chi connectivity index (χ0n) is 28.3. The number of allylic oxidation sites excluding steroid dienone is 5. The van der Waals surface area contributed by atoms with Gasteiger partial charge in [-0.3, -0.25) is 29.3 Å². The number of nitrogen functional groups attached to an aromatic ring is 3. The maximum atomic E-state index is 11.8. The minimum Gasteiger partial charge on any atom is -0.432 e. The molecule has 0 aliphatic heterocycles. The third-order valence-electron chi connectivity index (χ3n) is 6.88. The summed E-state index contributed by atoms with van der Waals surface area (Å²) in [5.41, 5.74) is 19.5. The van der Waals surface area contributed by atoms with Crippen LogP contribution in [-0.4, -0.2) is 60.5 Å². The third-order valence-corrected chi connectivity index (χ3v) is 6.88. The molecule has 51 heavy (non-hydrogen) atoms. The van der Waals surface area contributed by atoms with E-state index in [4.69, 9.17) is 17.2 Å². The number of rotatable bonds is 9. The normalized spacial score (nSPS) is 10.6. The Morgan fingerprint density at radius 2 is 1.06 bits per heavy atom. The van der Waals surface area contributed by atoms with Gasteiger partial charge in [0.05, 0.1) is 0 Å². The van der Waals surface area contributed by atoms with E-state index in [2.05, 4.69) is 55.1 Å². The van der Waals surface area contributed by atoms with E-state index < -0.39 is 0 Å². The Morgan fingerprint density at radius 1 is 0.686 bits per heavy atom. The number of hydrogen-bond donors (Lipinski definition) is 3. The molecule has 0 unspecified atom stereocenters. The predicted octanol–water partition coefficient (Wildman–Crippen LogP) is 2.39. The molecule has 0 aromatic carbocycles. The van der Waals surface area contributed by atoms with Crippen LogP contribution in [0.15, 0.2) is 73.6 Å². The van der Waals surface area contributed by atoms with Crippen molar-refractivity contribution >= 4 is 51.4 Å². The molecule has 0 aliphatic carbocycles. The van der Waals surface area contributed by atoms with Gasteiger partial charge in [0.1, 0.15) is 0 Å². The first-order chi connectivity index (χ1) is 23.1. The van der Waals surface area contributed by atoms with E-state index in [0.717, 1.165) is 5.57 Å². The summed E-state index contributed by atoms with van der Waals surface area (Å²) in [5.74, 6) is 2.86. The Kier molecular flexibility index (Phi) is 19.8. The van der Waals surface area contributed by atoms with Crippen LogP contribution in [0.3, 0.4) is 0 Å². The molecule has 0 atom stereocenters. The molecule has 6 heterocycles. The molecular weight excluding hydrogens is 879 g/mol. The fourth-order valence-corrected chi connectivity index (χ4v) is 4.26. The van der Waals surface area contributed by atoms with Crippen LogP contribution in [0.1, 0.15) is 38.2 Å². The maximum absolute atomic E-state index is 11.8. The number of carbonyl (C=O) groups excluding carboxylic acids is 3. The summed E-state index contributed by atoms with van der Waals surface area (Å²) in [7, 11) is 0. The number of fused-ring (bicyclic) bond motifs is 3. The first-order valence-electron chi connectivity index (χ1n) is 14.5. The van der Waals surface area contributed by atoms with Crippen LogP contribution in [0.2, 0.25) is 0 Å². The molecule has 3 radical (unpaired) electrons. The minimum absolute atomic E-state index is 0. The first kappa shape index (κ1) is 45.8. The van der Waals surface area contributed by atoms with Gasteiger partial charge < -0.3 is 45.4 Å². The van der Waals surface area contributed by atoms with Crippen LogP contribution in [0.4, 0.5) is 17.5 Å². The number of ketones is 3. The SMILES string of the molecule is C/C=C(\C)C(=O)Cc1n[c-]c2c(N)nccn12.C/C=C/C(=O)Cc1n[c-]c2c(N)nccn12.C=CC(=O)Cc1n[c-]c2c(N)nccn12.[Y].[Y].[Y]. The number of hydrogen-bond acceptors (Lipinski definition) is 12. The topological polar surface area (TPSA) is 220 Å². The number of carbonyl (C=O) groups is 3. The number of imidazole rings is 3. The second-order valence-corrected chi connectivity index (χ2v) is 10.1. The average molecular weight is 912 g/mol. The molecular formula is C33H33N12O3Y3-3. The quantitative estimate of drug-likeness (QED) is 0.141. The Hall–Kier alpha value is -3.20. The van der Waals surface area contributed by atoms with Crippen LogP contribution >= 0.6 is 0 Å². The van der Waals surface area contributed by atoms with E-state index >= 15 is 0 Å². The van der Waals surface area contributed by atoms with E-state index in [9.17, 15) is 14.4 Å². The van der Waals surface area contributed by atoms with Crippen molar-refractivity contribution in [1.82, 2.24) is 43.1 Å². The largest absolute Gasteiger partial charge is 0.432 e. The van der Waals surface area contributed by atoms with Crippen molar-refractivity contribution in [3.05, 3.63) is 110 Å². The van der Waals surface area contributed by atoms with Crippen molar-refractivity contribution in [2.45, 2.75) is 40.0 Å². The molecule has 0 fully saturated rings. The Morgan fingerprint density at radius 3 is 1.41 bits per heavy atom. The number of nitrogens with zero attached hydrogens (tertiary/aromatic N) is 9. The van der Waals surface area contributed by atoms with Gasteiger partial charge in [-0.15, -0.1) is 0 Å². The average Bonchev–Trinajstić information content (AvgIpc) is 3.81. The zero-order chi connectivity index (χ0) is 34.8. The van der Waals surface area contributed by atoms with Crippen LogP contribution in [0, 0.1) is 18.6 Å². The molecule has 6 rings (SSSR count). The summed E-state index contributed by atoms with van der Waals surface area (Å²) in [6, 6.07) is 0. The van der Waals surface area contributed by atoms with Gasteiger partial charge in [-0.2, -0.15) is 0 Å². The molecule has 15 nitrogen and oxygen atoms in total. The van der Waals surface area contributed by atoms with Crippen LogP contribution in [-0.2, 0) is 132 Å². The smallest absolute Gasteiger partial charge is 0.154 e. The molecule has 255 valence electrons. The minimum atomic E-state index is -0.0914. The molecule has 6 N–H and O–H groups in total. The van der Waals surface area contributed by atoms with Gasteiger partial charge >= 0.3 is 0 Å². The van der Waals surface area contributed by atoms with E-state index in [1.54, 1.807) is 76.4 Å². The van der Waals surface area contributed by atoms with Crippen LogP contribution in [0.5, 0.6) is 0 Å². The van der Waals surface area contributed by atoms with Crippen molar-refractivity contribution in [2.24, 2.45) is 0 Å². The molecule has 6 aromatic rings. The third kappa shape index (κ3) is 11.9. The number of Topliss-reactive ketones (excluding diaryl/α,β-unsaturated/α-hetero) is 1. The second-order valence-electron chi connectivity index (χ2n) is 10.1. The second kappa shape index (κ2) is 22.0. The zero-order valence-corrected chi connectivity index (χ0v) is 36.8. The Bertz CT molecular complexity index is 2190. The molecule has 0 bridgehead atoms. The molecule has 0 spiro atoms. The molecule has 6 aromatic heterocycles. The van der Waals surface area contributed by atoms with Crippen molar-refractivity contribution in [3.63, 3.8) is 0 Å². The summed E-state index contributed by atoms with van der Waals surface area (Å²) in [6.45, 7) is 8.83. The number of nitrogens with two attached hydrogens (primary N) is 3. The summed E-state index contributed by atoms with van der Waals surface area (Å²) in [5, 5.41) is 0. The van der Waals surface area contributed by atoms with Gasteiger partial charge in [0.15, 0.2) is 17.3 Å². The molecule has 18 heteroatoms. The van der Waals surface area contributed by atoms with Crippen molar-refractivity contribution in [3.8, 4) is 0 Å². The summed E-state index contributed by atoms with van der Waals surface area (Å²) in [6.07, 6.45) is 25.0. The van der Waals surface area contributed by atoms with Crippen LogP contribution in [0.25, 0.3) is 16.6 Å². The number of anilines is 3. The monoisotopic (exact) mass is 912 g/mol.